The van der Waals surface area contributed by atoms with Gasteiger partial charge in [-0.05, 0) is 90.9 Å². The van der Waals surface area contributed by atoms with E-state index in [-0.39, 0.29) is 57.1 Å². The Hall–Kier alpha value is -3.47. The number of thiazole rings is 1. The molecule has 8 rings (SSSR count). The maximum absolute atomic E-state index is 14.1. The van der Waals surface area contributed by atoms with Gasteiger partial charge in [-0.25, -0.2) is 13.6 Å². The molecule has 6 unspecified atom stereocenters. The lowest BCUT2D eigenvalue weighted by Gasteiger charge is -2.43. The number of anilines is 2. The fourth-order valence-corrected chi connectivity index (χ4v) is 12.0. The fourth-order valence-electron chi connectivity index (χ4n) is 8.17. The summed E-state index contributed by atoms with van der Waals surface area (Å²) in [6, 6.07) is 17.7. The molecule has 0 radical (unpaired) electrons. The highest BCUT2D eigenvalue weighted by molar-refractivity contribution is 9.10. The van der Waals surface area contributed by atoms with Crippen LogP contribution in [-0.2, 0) is 24.4 Å². The fraction of sp³-hybridized carbons (Fsp3) is 0.273. The van der Waals surface area contributed by atoms with Crippen molar-refractivity contribution in [2.24, 2.45) is 34.7 Å². The van der Waals surface area contributed by atoms with Gasteiger partial charge in [-0.2, -0.15) is 0 Å². The maximum atomic E-state index is 14.1. The second-order valence-corrected chi connectivity index (χ2v) is 17.7. The number of carbonyl (C=O) groups is 3. The number of imide groups is 1. The summed E-state index contributed by atoms with van der Waals surface area (Å²) in [7, 11) is -3.88. The minimum Gasteiger partial charge on any atom is -0.483 e. The lowest BCUT2D eigenvalue weighted by molar-refractivity contribution is -0.123. The third-order valence-corrected chi connectivity index (χ3v) is 14.2. The smallest absolute Gasteiger partial charge is 0.305 e. The Morgan fingerprint density at radius 1 is 1.02 bits per heavy atom. The highest BCUT2D eigenvalue weighted by Gasteiger charge is 2.69. The molecule has 49 heavy (non-hydrogen) atoms. The van der Waals surface area contributed by atoms with Crippen molar-refractivity contribution in [1.29, 1.82) is 0 Å². The molecular formula is C33H26BrClN4O7S3. The largest absolute Gasteiger partial charge is 0.483 e. The van der Waals surface area contributed by atoms with E-state index in [9.17, 15) is 27.6 Å². The number of H-pyrrole nitrogens is 1. The molecule has 3 heterocycles. The summed E-state index contributed by atoms with van der Waals surface area (Å²) in [4.78, 5) is 58.5. The molecule has 3 fully saturated rings. The molecule has 2 bridgehead atoms. The van der Waals surface area contributed by atoms with Gasteiger partial charge in [0.2, 0.25) is 21.8 Å². The van der Waals surface area contributed by atoms with Gasteiger partial charge in [0.05, 0.1) is 27.4 Å². The standard InChI is InChI=1S/C33H26BrClN4O7S3/c34-14-1-6-17(7-2-14)39-31(41)26-20-12-21(27(26)32(39)42)28-25(20)24(29-30(47-28)38-33(43)48-29)19-11-15(35)3-10-22(19)46-13-23(40)37-16-4-8-18(9-5-16)49(36,44)45/h1-11,20-21,24-28H,12-13H2,(H,37,40)(H,38,43)(H2,36,44,45)/t20?,21?,24-,25?,26?,27?,28?/m1/s1. The summed E-state index contributed by atoms with van der Waals surface area (Å²) in [5.41, 5.74) is 1.60. The van der Waals surface area contributed by atoms with Gasteiger partial charge < -0.3 is 15.0 Å². The van der Waals surface area contributed by atoms with E-state index in [1.165, 1.54) is 29.2 Å². The molecule has 2 saturated carbocycles. The number of aromatic nitrogens is 1. The molecule has 4 N–H and O–H groups in total. The molecule has 2 aliphatic heterocycles. The Bertz CT molecular complexity index is 2210. The quantitative estimate of drug-likeness (QED) is 0.215. The van der Waals surface area contributed by atoms with Crippen LogP contribution in [0.5, 0.6) is 5.75 Å². The number of hydrogen-bond donors (Lipinski definition) is 3. The van der Waals surface area contributed by atoms with E-state index in [0.717, 1.165) is 25.7 Å². The van der Waals surface area contributed by atoms with E-state index in [1.54, 1.807) is 42.1 Å². The zero-order valence-electron chi connectivity index (χ0n) is 25.2. The summed E-state index contributed by atoms with van der Waals surface area (Å²) in [6.07, 6.45) is 0.711. The second-order valence-electron chi connectivity index (χ2n) is 12.5. The zero-order chi connectivity index (χ0) is 34.4. The Morgan fingerprint density at radius 3 is 2.41 bits per heavy atom. The van der Waals surface area contributed by atoms with Gasteiger partial charge in [0, 0.05) is 36.8 Å². The summed E-state index contributed by atoms with van der Waals surface area (Å²) in [6.45, 7) is -0.372. The lowest BCUT2D eigenvalue weighted by Crippen LogP contribution is -2.42. The first-order valence-corrected chi connectivity index (χ1v) is 19.7. The van der Waals surface area contributed by atoms with Crippen LogP contribution in [0.15, 0.2) is 85.9 Å². The van der Waals surface area contributed by atoms with Crippen LogP contribution in [0.25, 0.3) is 0 Å². The van der Waals surface area contributed by atoms with Crippen molar-refractivity contribution < 1.29 is 27.5 Å². The van der Waals surface area contributed by atoms with Crippen LogP contribution >= 0.6 is 50.6 Å². The summed E-state index contributed by atoms with van der Waals surface area (Å²) in [5.74, 6) is -2.09. The number of nitrogens with one attached hydrogen (secondary N) is 2. The van der Waals surface area contributed by atoms with Gasteiger partial charge in [-0.3, -0.25) is 24.1 Å². The minimum absolute atomic E-state index is 0.0499. The number of rotatable bonds is 7. The normalized spacial score (nSPS) is 26.8. The third kappa shape index (κ3) is 5.54. The van der Waals surface area contributed by atoms with Crippen LogP contribution in [0, 0.1) is 29.6 Å². The SMILES string of the molecule is NS(=O)(=O)c1ccc(NC(=O)COc2ccc(Cl)cc2[C@H]2c3sc(=O)[nH]c3SC3C4CC(C5C(=O)N(c6ccc(Br)cc6)C(=O)C45)C32)cc1. The molecule has 16 heteroatoms. The number of thioether (sulfide) groups is 1. The first-order chi connectivity index (χ1) is 23.4. The number of primary sulfonamides is 1. The third-order valence-electron chi connectivity index (χ3n) is 9.94. The average molecular weight is 802 g/mol. The van der Waals surface area contributed by atoms with Crippen LogP contribution in [0.2, 0.25) is 5.02 Å². The molecular weight excluding hydrogens is 776 g/mol. The molecule has 0 spiro atoms. The van der Waals surface area contributed by atoms with Crippen molar-refractivity contribution in [2.45, 2.75) is 27.5 Å². The van der Waals surface area contributed by atoms with E-state index in [0.29, 0.717) is 34.1 Å². The van der Waals surface area contributed by atoms with Crippen molar-refractivity contribution >= 4 is 89.7 Å². The predicted molar refractivity (Wildman–Crippen MR) is 189 cm³/mol. The van der Waals surface area contributed by atoms with E-state index in [2.05, 4.69) is 26.2 Å². The Labute approximate surface area is 301 Å². The number of halogens is 2. The Kier molecular flexibility index (Phi) is 8.07. The Balaban J connectivity index is 1.11. The van der Waals surface area contributed by atoms with Gasteiger partial charge in [0.1, 0.15) is 5.75 Å². The number of nitrogens with two attached hydrogens (primary N) is 1. The van der Waals surface area contributed by atoms with E-state index >= 15 is 0 Å². The zero-order valence-corrected chi connectivity index (χ0v) is 30.0. The summed E-state index contributed by atoms with van der Waals surface area (Å²) >= 11 is 12.7. The van der Waals surface area contributed by atoms with E-state index in [4.69, 9.17) is 21.5 Å². The van der Waals surface area contributed by atoms with E-state index in [1.807, 2.05) is 12.1 Å². The van der Waals surface area contributed by atoms with Crippen LogP contribution in [0.4, 0.5) is 11.4 Å². The Morgan fingerprint density at radius 2 is 1.71 bits per heavy atom. The molecule has 1 aromatic heterocycles. The molecule has 252 valence electrons. The highest BCUT2D eigenvalue weighted by Crippen LogP contribution is 2.69. The van der Waals surface area contributed by atoms with Crippen molar-refractivity contribution in [2.75, 3.05) is 16.8 Å². The number of benzene rings is 3. The molecule has 11 nitrogen and oxygen atoms in total. The summed E-state index contributed by atoms with van der Waals surface area (Å²) in [5, 5.41) is 8.97. The van der Waals surface area contributed by atoms with Crippen LogP contribution < -0.4 is 25.0 Å². The van der Waals surface area contributed by atoms with E-state index < -0.39 is 27.8 Å². The van der Waals surface area contributed by atoms with Crippen LogP contribution in [0.3, 0.4) is 0 Å². The van der Waals surface area contributed by atoms with Crippen LogP contribution in [-0.4, -0.2) is 43.0 Å². The number of carbonyl (C=O) groups excluding carboxylic acids is 3. The first-order valence-electron chi connectivity index (χ1n) is 15.3. The monoisotopic (exact) mass is 800 g/mol. The molecule has 4 aromatic rings. The van der Waals surface area contributed by atoms with Crippen LogP contribution in [0.1, 0.15) is 22.8 Å². The molecule has 3 amide bonds. The average Bonchev–Trinajstić information content (AvgIpc) is 3.79. The number of nitrogens with zero attached hydrogens (tertiary/aromatic N) is 1. The first kappa shape index (κ1) is 32.7. The molecule has 4 aliphatic rings. The molecule has 7 atom stereocenters. The number of fused-ring (bicyclic) bond motifs is 9. The predicted octanol–water partition coefficient (Wildman–Crippen LogP) is 5.20. The lowest BCUT2D eigenvalue weighted by atomic mass is 9.68. The number of amides is 3. The van der Waals surface area contributed by atoms with Gasteiger partial charge >= 0.3 is 4.87 Å². The highest BCUT2D eigenvalue weighted by atomic mass is 79.9. The number of sulfonamides is 1. The van der Waals surface area contributed by atoms with Crippen molar-refractivity contribution in [3.05, 3.63) is 96.3 Å². The van der Waals surface area contributed by atoms with Gasteiger partial charge in [-0.1, -0.05) is 38.9 Å². The van der Waals surface area contributed by atoms with Gasteiger partial charge in [0.15, 0.2) is 6.61 Å². The molecule has 1 saturated heterocycles. The molecule has 3 aromatic carbocycles. The molecule has 2 aliphatic carbocycles. The van der Waals surface area contributed by atoms with Gasteiger partial charge in [0.25, 0.3) is 5.91 Å². The number of hydrogen-bond acceptors (Lipinski definition) is 9. The van der Waals surface area contributed by atoms with Crippen molar-refractivity contribution in [3.8, 4) is 5.75 Å². The van der Waals surface area contributed by atoms with Crippen molar-refractivity contribution in [1.82, 2.24) is 4.98 Å². The minimum atomic E-state index is -3.88. The number of aromatic amines is 1. The van der Waals surface area contributed by atoms with Crippen molar-refractivity contribution in [3.63, 3.8) is 0 Å². The maximum Gasteiger partial charge on any atom is 0.305 e. The summed E-state index contributed by atoms with van der Waals surface area (Å²) < 4.78 is 30.1. The van der Waals surface area contributed by atoms with Gasteiger partial charge in [-0.15, -0.1) is 11.8 Å². The number of ether oxygens (including phenoxy) is 1. The second kappa shape index (κ2) is 12.1. The topological polar surface area (TPSA) is 169 Å².